The fourth-order valence-corrected chi connectivity index (χ4v) is 5.13. The highest BCUT2D eigenvalue weighted by Gasteiger charge is 2.42. The van der Waals surface area contributed by atoms with Gasteiger partial charge in [0.05, 0.1) is 26.4 Å². The number of rotatable bonds is 6. The Hall–Kier alpha value is -3.25. The molecule has 0 saturated heterocycles. The van der Waals surface area contributed by atoms with E-state index in [4.69, 9.17) is 25.8 Å². The average Bonchev–Trinajstić information content (AvgIpc) is 2.83. The number of benzene rings is 2. The Morgan fingerprint density at radius 3 is 2.50 bits per heavy atom. The van der Waals surface area contributed by atoms with Crippen molar-refractivity contribution in [3.8, 4) is 11.5 Å². The van der Waals surface area contributed by atoms with Crippen LogP contribution in [0.2, 0.25) is 5.02 Å². The van der Waals surface area contributed by atoms with Crippen molar-refractivity contribution < 1.29 is 23.8 Å². The van der Waals surface area contributed by atoms with Gasteiger partial charge in [0.25, 0.3) is 0 Å². The second-order valence-electron chi connectivity index (χ2n) is 8.37. The maximum Gasteiger partial charge on any atom is 0.336 e. The summed E-state index contributed by atoms with van der Waals surface area (Å²) in [4.78, 5) is 26.6. The van der Waals surface area contributed by atoms with Gasteiger partial charge in [-0.2, -0.15) is 0 Å². The second-order valence-corrected chi connectivity index (χ2v) is 8.78. The van der Waals surface area contributed by atoms with Crippen LogP contribution >= 0.6 is 11.6 Å². The lowest BCUT2D eigenvalue weighted by atomic mass is 9.71. The number of nitrogens with one attached hydrogen (secondary N) is 1. The Labute approximate surface area is 204 Å². The summed E-state index contributed by atoms with van der Waals surface area (Å²) in [5, 5.41) is 3.85. The molecule has 4 rings (SSSR count). The van der Waals surface area contributed by atoms with Gasteiger partial charge in [-0.1, -0.05) is 35.9 Å². The lowest BCUT2D eigenvalue weighted by Gasteiger charge is -2.37. The molecule has 1 heterocycles. The summed E-state index contributed by atoms with van der Waals surface area (Å²) in [6.45, 7) is 3.84. The maximum atomic E-state index is 13.6. The monoisotopic (exact) mass is 481 g/mol. The second kappa shape index (κ2) is 9.94. The van der Waals surface area contributed by atoms with Gasteiger partial charge >= 0.3 is 5.97 Å². The number of dihydropyridines is 1. The normalized spacial score (nSPS) is 20.0. The number of carbonyl (C=O) groups excluding carboxylic acids is 2. The Bertz CT molecular complexity index is 1200. The first-order valence-electron chi connectivity index (χ1n) is 11.3. The molecule has 2 aromatic carbocycles. The zero-order chi connectivity index (χ0) is 24.4. The molecule has 2 atom stereocenters. The largest absolute Gasteiger partial charge is 0.493 e. The number of ether oxygens (including phenoxy) is 3. The molecule has 6 nitrogen and oxygen atoms in total. The number of methoxy groups -OCH3 is 2. The van der Waals surface area contributed by atoms with E-state index in [0.717, 1.165) is 16.8 Å². The third kappa shape index (κ3) is 4.30. The number of ketones is 1. The zero-order valence-corrected chi connectivity index (χ0v) is 20.5. The number of halogens is 1. The smallest absolute Gasteiger partial charge is 0.336 e. The van der Waals surface area contributed by atoms with Crippen LogP contribution < -0.4 is 14.8 Å². The highest BCUT2D eigenvalue weighted by Crippen LogP contribution is 2.47. The summed E-state index contributed by atoms with van der Waals surface area (Å²) in [5.41, 5.74) is 4.20. The average molecular weight is 482 g/mol. The van der Waals surface area contributed by atoms with Crippen LogP contribution in [0.4, 0.5) is 0 Å². The summed E-state index contributed by atoms with van der Waals surface area (Å²) >= 11 is 6.56. The standard InChI is InChI=1S/C27H28ClNO5/c1-5-34-27(31)24-15(2)29-20-12-17(16-10-11-22(32-3)23(14-16)33-4)13-21(30)26(20)25(24)18-8-6-7-9-19(18)28/h6-11,14,17,25,29H,5,12-13H2,1-4H3/t17-,25+/m1/s1. The lowest BCUT2D eigenvalue weighted by Crippen LogP contribution is -2.36. The molecule has 178 valence electrons. The van der Waals surface area contributed by atoms with Gasteiger partial charge in [0.2, 0.25) is 0 Å². The Kier molecular flexibility index (Phi) is 6.98. The van der Waals surface area contributed by atoms with Gasteiger partial charge in [-0.15, -0.1) is 0 Å². The number of hydrogen-bond acceptors (Lipinski definition) is 6. The van der Waals surface area contributed by atoms with Crippen molar-refractivity contribution in [2.24, 2.45) is 0 Å². The van der Waals surface area contributed by atoms with Gasteiger partial charge in [-0.3, -0.25) is 4.79 Å². The first-order chi connectivity index (χ1) is 16.4. The van der Waals surface area contributed by atoms with E-state index in [2.05, 4.69) is 5.32 Å². The van der Waals surface area contributed by atoms with E-state index in [1.54, 1.807) is 27.2 Å². The summed E-state index contributed by atoms with van der Waals surface area (Å²) in [6, 6.07) is 13.1. The molecule has 0 saturated carbocycles. The molecule has 1 aliphatic carbocycles. The Morgan fingerprint density at radius 1 is 1.09 bits per heavy atom. The number of hydrogen-bond donors (Lipinski definition) is 1. The van der Waals surface area contributed by atoms with Crippen LogP contribution in [-0.4, -0.2) is 32.6 Å². The molecule has 0 spiro atoms. The van der Waals surface area contributed by atoms with Crippen LogP contribution in [0, 0.1) is 0 Å². The van der Waals surface area contributed by atoms with E-state index in [1.165, 1.54) is 0 Å². The predicted molar refractivity (Wildman–Crippen MR) is 130 cm³/mol. The summed E-state index contributed by atoms with van der Waals surface area (Å²) in [7, 11) is 3.19. The van der Waals surface area contributed by atoms with Crippen molar-refractivity contribution in [2.75, 3.05) is 20.8 Å². The molecule has 0 fully saturated rings. The highest BCUT2D eigenvalue weighted by molar-refractivity contribution is 6.31. The molecule has 0 amide bonds. The van der Waals surface area contributed by atoms with Crippen LogP contribution in [0.25, 0.3) is 0 Å². The molecule has 0 radical (unpaired) electrons. The van der Waals surface area contributed by atoms with Crippen LogP contribution in [0.3, 0.4) is 0 Å². The van der Waals surface area contributed by atoms with Gasteiger partial charge in [0, 0.05) is 34.3 Å². The van der Waals surface area contributed by atoms with E-state index < -0.39 is 11.9 Å². The van der Waals surface area contributed by atoms with Gasteiger partial charge in [0.15, 0.2) is 17.3 Å². The molecule has 7 heteroatoms. The topological polar surface area (TPSA) is 73.9 Å². The molecule has 1 aliphatic heterocycles. The van der Waals surface area contributed by atoms with E-state index in [9.17, 15) is 9.59 Å². The number of esters is 1. The van der Waals surface area contributed by atoms with Crippen LogP contribution in [0.1, 0.15) is 49.7 Å². The van der Waals surface area contributed by atoms with Crippen molar-refractivity contribution in [3.05, 3.63) is 81.2 Å². The lowest BCUT2D eigenvalue weighted by molar-refractivity contribution is -0.138. The van der Waals surface area contributed by atoms with E-state index in [1.807, 2.05) is 43.3 Å². The minimum atomic E-state index is -0.581. The molecule has 2 aromatic rings. The number of carbonyl (C=O) groups is 2. The summed E-state index contributed by atoms with van der Waals surface area (Å²) < 4.78 is 16.2. The molecular weight excluding hydrogens is 454 g/mol. The first kappa shape index (κ1) is 23.9. The third-order valence-electron chi connectivity index (χ3n) is 6.42. The summed E-state index contributed by atoms with van der Waals surface area (Å²) in [6.07, 6.45) is 0.928. The van der Waals surface area contributed by atoms with Crippen LogP contribution in [0.15, 0.2) is 65.0 Å². The highest BCUT2D eigenvalue weighted by atomic mass is 35.5. The van der Waals surface area contributed by atoms with Crippen molar-refractivity contribution in [2.45, 2.75) is 38.5 Å². The molecule has 34 heavy (non-hydrogen) atoms. The van der Waals surface area contributed by atoms with Crippen molar-refractivity contribution in [1.29, 1.82) is 0 Å². The van der Waals surface area contributed by atoms with Gasteiger partial charge in [0.1, 0.15) is 0 Å². The molecule has 0 bridgehead atoms. The minimum Gasteiger partial charge on any atom is -0.493 e. The maximum absolute atomic E-state index is 13.6. The number of allylic oxidation sites excluding steroid dienone is 3. The SMILES string of the molecule is CCOC(=O)C1=C(C)NC2=C(C(=O)C[C@H](c3ccc(OC)c(OC)c3)C2)[C@H]1c1ccccc1Cl. The third-order valence-corrected chi connectivity index (χ3v) is 6.76. The Balaban J connectivity index is 1.79. The van der Waals surface area contributed by atoms with E-state index in [-0.39, 0.29) is 18.3 Å². The Morgan fingerprint density at radius 2 is 1.82 bits per heavy atom. The minimum absolute atomic E-state index is 0.0206. The molecule has 0 aromatic heterocycles. The van der Waals surface area contributed by atoms with E-state index >= 15 is 0 Å². The fraction of sp³-hybridized carbons (Fsp3) is 0.333. The zero-order valence-electron chi connectivity index (χ0n) is 19.7. The van der Waals surface area contributed by atoms with Gasteiger partial charge in [-0.05, 0) is 55.5 Å². The summed E-state index contributed by atoms with van der Waals surface area (Å²) in [5.74, 6) is 0.177. The van der Waals surface area contributed by atoms with Gasteiger partial charge in [-0.25, -0.2) is 4.79 Å². The van der Waals surface area contributed by atoms with Crippen LogP contribution in [0.5, 0.6) is 11.5 Å². The van der Waals surface area contributed by atoms with Crippen molar-refractivity contribution in [1.82, 2.24) is 5.32 Å². The fourth-order valence-electron chi connectivity index (χ4n) is 4.88. The molecule has 1 N–H and O–H groups in total. The van der Waals surface area contributed by atoms with Gasteiger partial charge < -0.3 is 19.5 Å². The number of Topliss-reactive ketones (excluding diaryl/α,β-unsaturated/α-hetero) is 1. The first-order valence-corrected chi connectivity index (χ1v) is 11.6. The molecule has 0 unspecified atom stereocenters. The van der Waals surface area contributed by atoms with Crippen molar-refractivity contribution in [3.63, 3.8) is 0 Å². The predicted octanol–water partition coefficient (Wildman–Crippen LogP) is 5.28. The van der Waals surface area contributed by atoms with Crippen LogP contribution in [-0.2, 0) is 14.3 Å². The van der Waals surface area contributed by atoms with E-state index in [0.29, 0.717) is 46.2 Å². The van der Waals surface area contributed by atoms with Crippen molar-refractivity contribution >= 4 is 23.4 Å². The molecular formula is C27H28ClNO5. The quantitative estimate of drug-likeness (QED) is 0.566. The molecule has 2 aliphatic rings.